The van der Waals surface area contributed by atoms with Crippen molar-refractivity contribution in [3.63, 3.8) is 0 Å². The lowest BCUT2D eigenvalue weighted by Crippen LogP contribution is -2.39. The van der Waals surface area contributed by atoms with Gasteiger partial charge in [-0.25, -0.2) is 4.79 Å². The fourth-order valence-electron chi connectivity index (χ4n) is 3.85. The van der Waals surface area contributed by atoms with Crippen LogP contribution >= 0.6 is 22.9 Å². The molecule has 32 heavy (non-hydrogen) atoms. The van der Waals surface area contributed by atoms with Crippen LogP contribution in [-0.4, -0.2) is 18.0 Å². The van der Waals surface area contributed by atoms with Gasteiger partial charge in [0.15, 0.2) is 0 Å². The first-order chi connectivity index (χ1) is 15.4. The van der Waals surface area contributed by atoms with Crippen molar-refractivity contribution < 1.29 is 9.59 Å². The van der Waals surface area contributed by atoms with Crippen LogP contribution in [0.1, 0.15) is 36.9 Å². The largest absolute Gasteiger partial charge is 0.327 e. The molecular weight excluding hydrogens is 444 g/mol. The summed E-state index contributed by atoms with van der Waals surface area (Å²) in [4.78, 5) is 25.7. The lowest BCUT2D eigenvalue weighted by molar-refractivity contribution is -0.118. The van der Waals surface area contributed by atoms with E-state index in [0.29, 0.717) is 20.6 Å². The number of rotatable bonds is 7. The number of anilines is 2. The highest BCUT2D eigenvalue weighted by Gasteiger charge is 2.47. The van der Waals surface area contributed by atoms with Crippen molar-refractivity contribution in [1.29, 1.82) is 0 Å². The van der Waals surface area contributed by atoms with Crippen molar-refractivity contribution in [2.45, 2.75) is 37.3 Å². The fourth-order valence-corrected chi connectivity index (χ4v) is 4.79. The number of hydrogen-bond acceptors (Lipinski definition) is 4. The molecule has 0 aliphatic heterocycles. The van der Waals surface area contributed by atoms with Gasteiger partial charge in [0.2, 0.25) is 0 Å². The van der Waals surface area contributed by atoms with Crippen LogP contribution in [0.4, 0.5) is 15.5 Å². The maximum absolute atomic E-state index is 13.1. The molecule has 3 amide bonds. The molecule has 3 aromatic rings. The zero-order chi connectivity index (χ0) is 22.7. The number of carbonyl (C=O) groups excluding carboxylic acids is 2. The van der Waals surface area contributed by atoms with E-state index in [9.17, 15) is 9.59 Å². The van der Waals surface area contributed by atoms with E-state index in [1.165, 1.54) is 16.9 Å². The molecule has 1 heterocycles. The first-order valence-corrected chi connectivity index (χ1v) is 11.6. The van der Waals surface area contributed by atoms with Crippen molar-refractivity contribution in [3.8, 4) is 0 Å². The van der Waals surface area contributed by atoms with Crippen molar-refractivity contribution >= 4 is 45.6 Å². The maximum atomic E-state index is 13.1. The Morgan fingerprint density at radius 1 is 1.00 bits per heavy atom. The predicted molar refractivity (Wildman–Crippen MR) is 130 cm³/mol. The van der Waals surface area contributed by atoms with Crippen LogP contribution in [-0.2, 0) is 10.2 Å². The number of amides is 3. The monoisotopic (exact) mass is 468 g/mol. The van der Waals surface area contributed by atoms with E-state index in [4.69, 9.17) is 17.3 Å². The third-order valence-electron chi connectivity index (χ3n) is 5.87. The molecule has 0 radical (unpaired) electrons. The molecule has 1 aliphatic rings. The summed E-state index contributed by atoms with van der Waals surface area (Å²) in [6.45, 7) is 2.04. The first-order valence-electron chi connectivity index (χ1n) is 10.4. The summed E-state index contributed by atoms with van der Waals surface area (Å²) in [6.07, 6.45) is 2.17. The number of hydrogen-bond donors (Lipinski definition) is 4. The molecule has 2 atom stereocenters. The van der Waals surface area contributed by atoms with E-state index in [0.717, 1.165) is 12.8 Å². The van der Waals surface area contributed by atoms with E-state index in [1.807, 2.05) is 49.4 Å². The zero-order valence-corrected chi connectivity index (χ0v) is 19.2. The Labute approximate surface area is 196 Å². The molecule has 2 aromatic carbocycles. The van der Waals surface area contributed by atoms with Gasteiger partial charge in [0.1, 0.15) is 6.04 Å². The molecule has 1 saturated carbocycles. The summed E-state index contributed by atoms with van der Waals surface area (Å²) >= 11 is 7.17. The van der Waals surface area contributed by atoms with Gasteiger partial charge in [-0.15, -0.1) is 11.3 Å². The van der Waals surface area contributed by atoms with Gasteiger partial charge in [0.05, 0.1) is 9.34 Å². The quantitative estimate of drug-likeness (QED) is 0.379. The van der Waals surface area contributed by atoms with Gasteiger partial charge in [-0.1, -0.05) is 54.1 Å². The number of halogens is 1. The Hall–Kier alpha value is -2.87. The number of benzene rings is 2. The summed E-state index contributed by atoms with van der Waals surface area (Å²) < 4.78 is 0.568. The highest BCUT2D eigenvalue weighted by molar-refractivity contribution is 7.20. The minimum atomic E-state index is -0.870. The number of nitrogens with two attached hydrogens (primary N) is 1. The second kappa shape index (κ2) is 9.32. The minimum Gasteiger partial charge on any atom is -0.327 e. The molecule has 8 heteroatoms. The van der Waals surface area contributed by atoms with Crippen LogP contribution in [0.5, 0.6) is 0 Å². The lowest BCUT2D eigenvalue weighted by atomic mass is 9.89. The van der Waals surface area contributed by atoms with Crippen LogP contribution < -0.4 is 21.7 Å². The van der Waals surface area contributed by atoms with Gasteiger partial charge >= 0.3 is 6.03 Å². The maximum Gasteiger partial charge on any atom is 0.320 e. The Kier molecular flexibility index (Phi) is 6.50. The standard InChI is InChI=1S/C24H25ClN4O2S/c1-15(26)24(13-14-24)17-7-9-18(10-8-17)27-22(30)21(16-5-3-2-4-6-16)29-23(31)28-20-12-11-19(25)32-20/h2-12,15,21H,13-14,26H2,1H3,(H,27,30)(H2,28,29,31). The van der Waals surface area contributed by atoms with E-state index >= 15 is 0 Å². The SMILES string of the molecule is CC(N)C1(c2ccc(NC(=O)C(NC(=O)Nc3ccc(Cl)s3)c3ccccc3)cc2)CC1. The Balaban J connectivity index is 1.47. The summed E-state index contributed by atoms with van der Waals surface area (Å²) in [5.41, 5.74) is 8.75. The molecule has 166 valence electrons. The van der Waals surface area contributed by atoms with E-state index < -0.39 is 12.1 Å². The Morgan fingerprint density at radius 2 is 1.69 bits per heavy atom. The van der Waals surface area contributed by atoms with Gasteiger partial charge in [-0.2, -0.15) is 0 Å². The number of nitrogens with one attached hydrogen (secondary N) is 3. The third kappa shape index (κ3) is 4.96. The van der Waals surface area contributed by atoms with Crippen LogP contribution in [0.15, 0.2) is 66.7 Å². The van der Waals surface area contributed by atoms with Crippen LogP contribution in [0.3, 0.4) is 0 Å². The molecule has 6 nitrogen and oxygen atoms in total. The molecule has 0 bridgehead atoms. The highest BCUT2D eigenvalue weighted by Crippen LogP contribution is 2.50. The normalized spacial score (nSPS) is 16.0. The van der Waals surface area contributed by atoms with Crippen LogP contribution in [0.25, 0.3) is 0 Å². The van der Waals surface area contributed by atoms with Crippen molar-refractivity contribution in [2.75, 3.05) is 10.6 Å². The predicted octanol–water partition coefficient (Wildman–Crippen LogP) is 5.28. The smallest absolute Gasteiger partial charge is 0.320 e. The molecule has 1 aliphatic carbocycles. The van der Waals surface area contributed by atoms with Crippen LogP contribution in [0, 0.1) is 0 Å². The van der Waals surface area contributed by atoms with Gasteiger partial charge in [0.25, 0.3) is 5.91 Å². The van der Waals surface area contributed by atoms with Crippen molar-refractivity contribution in [3.05, 3.63) is 82.2 Å². The fraction of sp³-hybridized carbons (Fsp3) is 0.250. The van der Waals surface area contributed by atoms with E-state index in [-0.39, 0.29) is 17.4 Å². The van der Waals surface area contributed by atoms with Crippen molar-refractivity contribution in [1.82, 2.24) is 5.32 Å². The Bertz CT molecular complexity index is 1090. The summed E-state index contributed by atoms with van der Waals surface area (Å²) in [5, 5.41) is 8.98. The molecule has 4 rings (SSSR count). The van der Waals surface area contributed by atoms with Crippen LogP contribution in [0.2, 0.25) is 4.34 Å². The molecule has 5 N–H and O–H groups in total. The molecule has 1 fully saturated rings. The molecular formula is C24H25ClN4O2S. The van der Waals surface area contributed by atoms with E-state index in [2.05, 4.69) is 16.0 Å². The molecule has 0 spiro atoms. The second-order valence-electron chi connectivity index (χ2n) is 8.06. The molecule has 0 saturated heterocycles. The number of urea groups is 1. The summed E-state index contributed by atoms with van der Waals surface area (Å²) in [5.74, 6) is -0.336. The highest BCUT2D eigenvalue weighted by atomic mass is 35.5. The lowest BCUT2D eigenvalue weighted by Gasteiger charge is -2.21. The van der Waals surface area contributed by atoms with Gasteiger partial charge < -0.3 is 16.4 Å². The van der Waals surface area contributed by atoms with Gasteiger partial charge in [0, 0.05) is 17.1 Å². The summed E-state index contributed by atoms with van der Waals surface area (Å²) in [6, 6.07) is 19.0. The zero-order valence-electron chi connectivity index (χ0n) is 17.6. The molecule has 2 unspecified atom stereocenters. The minimum absolute atomic E-state index is 0.0550. The third-order valence-corrected chi connectivity index (χ3v) is 7.01. The topological polar surface area (TPSA) is 96.2 Å². The van der Waals surface area contributed by atoms with E-state index in [1.54, 1.807) is 24.3 Å². The second-order valence-corrected chi connectivity index (χ2v) is 9.77. The van der Waals surface area contributed by atoms with Gasteiger partial charge in [-0.3, -0.25) is 10.1 Å². The average Bonchev–Trinajstić information content (AvgIpc) is 3.50. The molecule has 1 aromatic heterocycles. The Morgan fingerprint density at radius 3 is 2.25 bits per heavy atom. The van der Waals surface area contributed by atoms with Gasteiger partial charge in [-0.05, 0) is 55.2 Å². The average molecular weight is 469 g/mol. The first kappa shape index (κ1) is 22.3. The van der Waals surface area contributed by atoms with Crippen molar-refractivity contribution in [2.24, 2.45) is 5.73 Å². The number of thiophene rings is 1. The summed E-state index contributed by atoms with van der Waals surface area (Å²) in [7, 11) is 0. The number of carbonyl (C=O) groups is 2.